The zero-order chi connectivity index (χ0) is 28.0. The minimum atomic E-state index is -1.40. The van der Waals surface area contributed by atoms with Gasteiger partial charge >= 0.3 is 5.97 Å². The molecule has 210 valence electrons. The van der Waals surface area contributed by atoms with Crippen molar-refractivity contribution < 1.29 is 33.4 Å². The van der Waals surface area contributed by atoms with Crippen LogP contribution in [0.15, 0.2) is 41.1 Å². The Hall–Kier alpha value is -3.50. The van der Waals surface area contributed by atoms with Crippen LogP contribution in [0.3, 0.4) is 0 Å². The number of Topliss-reactive ketones (excluding diaryl/α,β-unsaturated/α-hetero) is 1. The van der Waals surface area contributed by atoms with Crippen LogP contribution >= 0.6 is 11.3 Å². The van der Waals surface area contributed by atoms with Crippen LogP contribution in [-0.2, 0) is 14.3 Å². The summed E-state index contributed by atoms with van der Waals surface area (Å²) < 4.78 is 18.0. The highest BCUT2D eigenvalue weighted by Gasteiger charge is 2.63. The number of carboxylic acid groups (broad SMARTS) is 1. The van der Waals surface area contributed by atoms with Gasteiger partial charge in [-0.3, -0.25) is 19.3 Å². The molecule has 0 radical (unpaired) electrons. The van der Waals surface area contributed by atoms with Gasteiger partial charge in [-0.2, -0.15) is 0 Å². The van der Waals surface area contributed by atoms with Crippen molar-refractivity contribution in [3.63, 3.8) is 0 Å². The maximum absolute atomic E-state index is 14.3. The van der Waals surface area contributed by atoms with Crippen molar-refractivity contribution in [2.24, 2.45) is 11.3 Å². The summed E-state index contributed by atoms with van der Waals surface area (Å²) in [5, 5.41) is 10.1. The fraction of sp³-hybridized carbons (Fsp3) is 0.467. The number of aliphatic carboxylic acids is 1. The molecule has 2 fully saturated rings. The molecule has 2 aliphatic carbocycles. The number of benzene rings is 1. The van der Waals surface area contributed by atoms with Gasteiger partial charge in [0.25, 0.3) is 0 Å². The minimum absolute atomic E-state index is 0.0115. The van der Waals surface area contributed by atoms with Gasteiger partial charge in [0.1, 0.15) is 28.5 Å². The van der Waals surface area contributed by atoms with Crippen molar-refractivity contribution in [1.29, 1.82) is 0 Å². The molecule has 2 saturated carbocycles. The van der Waals surface area contributed by atoms with E-state index in [1.165, 1.54) is 24.0 Å². The molecule has 6 rings (SSSR count). The summed E-state index contributed by atoms with van der Waals surface area (Å²) in [6, 6.07) is 7.64. The van der Waals surface area contributed by atoms with Gasteiger partial charge in [0.2, 0.25) is 11.8 Å². The first-order valence-electron chi connectivity index (χ1n) is 13.7. The molecule has 1 aliphatic heterocycles. The maximum Gasteiger partial charge on any atom is 0.306 e. The zero-order valence-electron chi connectivity index (χ0n) is 22.6. The summed E-state index contributed by atoms with van der Waals surface area (Å²) in [4.78, 5) is 46.6. The Balaban J connectivity index is 1.44. The van der Waals surface area contributed by atoms with Crippen LogP contribution in [0, 0.1) is 18.3 Å². The second kappa shape index (κ2) is 10.5. The predicted octanol–water partition coefficient (Wildman–Crippen LogP) is 5.82. The number of ether oxygens (including phenoxy) is 2. The number of anilines is 1. The lowest BCUT2D eigenvalue weighted by Gasteiger charge is -2.48. The van der Waals surface area contributed by atoms with Gasteiger partial charge < -0.3 is 19.0 Å². The smallest absolute Gasteiger partial charge is 0.306 e. The van der Waals surface area contributed by atoms with E-state index in [4.69, 9.17) is 13.9 Å². The normalized spacial score (nSPS) is 23.6. The maximum atomic E-state index is 14.3. The van der Waals surface area contributed by atoms with Gasteiger partial charge in [-0.1, -0.05) is 37.5 Å². The number of aromatic nitrogens is 1. The molecule has 1 amide bonds. The van der Waals surface area contributed by atoms with Crippen LogP contribution in [0.25, 0.3) is 10.8 Å². The van der Waals surface area contributed by atoms with Gasteiger partial charge in [-0.25, -0.2) is 4.98 Å². The highest BCUT2D eigenvalue weighted by atomic mass is 32.1. The molecular weight excluding hydrogens is 532 g/mol. The second-order valence-corrected chi connectivity index (χ2v) is 12.0. The summed E-state index contributed by atoms with van der Waals surface area (Å²) in [5.74, 6) is -1.35. The van der Waals surface area contributed by atoms with E-state index >= 15 is 0 Å². The van der Waals surface area contributed by atoms with Crippen molar-refractivity contribution in [3.05, 3.63) is 53.4 Å². The number of hydrogen-bond donors (Lipinski definition) is 1. The molecule has 1 spiro atoms. The molecule has 1 unspecified atom stereocenters. The number of thiophene rings is 1. The topological polar surface area (TPSA) is 119 Å². The van der Waals surface area contributed by atoms with E-state index in [2.05, 4.69) is 4.98 Å². The molecule has 2 aromatic heterocycles. The Morgan fingerprint density at radius 1 is 1.23 bits per heavy atom. The van der Waals surface area contributed by atoms with E-state index in [0.29, 0.717) is 32.6 Å². The number of ketones is 1. The minimum Gasteiger partial charge on any atom is -0.496 e. The van der Waals surface area contributed by atoms with E-state index in [-0.39, 0.29) is 37.2 Å². The number of oxazole rings is 1. The Morgan fingerprint density at radius 2 is 1.98 bits per heavy atom. The number of nitrogens with zero attached hydrogens (tertiary/aromatic N) is 2. The molecule has 1 N–H and O–H groups in total. The molecular formula is C30H32N2O7S. The van der Waals surface area contributed by atoms with Crippen LogP contribution in [0.5, 0.6) is 5.75 Å². The number of carboxylic acids is 1. The van der Waals surface area contributed by atoms with E-state index in [1.54, 1.807) is 18.2 Å². The average molecular weight is 565 g/mol. The number of para-hydroxylation sites is 1. The van der Waals surface area contributed by atoms with Gasteiger partial charge in [0, 0.05) is 5.56 Å². The van der Waals surface area contributed by atoms with E-state index in [1.807, 2.05) is 31.2 Å². The predicted molar refractivity (Wildman–Crippen MR) is 148 cm³/mol. The quantitative estimate of drug-likeness (QED) is 0.340. The van der Waals surface area contributed by atoms with Gasteiger partial charge in [-0.05, 0) is 44.2 Å². The molecule has 40 heavy (non-hydrogen) atoms. The van der Waals surface area contributed by atoms with Crippen molar-refractivity contribution >= 4 is 34.0 Å². The van der Waals surface area contributed by atoms with E-state index < -0.39 is 23.4 Å². The number of rotatable bonds is 8. The highest BCUT2D eigenvalue weighted by Crippen LogP contribution is 2.57. The summed E-state index contributed by atoms with van der Waals surface area (Å²) >= 11 is 1.30. The first-order chi connectivity index (χ1) is 19.3. The van der Waals surface area contributed by atoms with Crippen LogP contribution in [0.4, 0.5) is 5.00 Å². The van der Waals surface area contributed by atoms with Gasteiger partial charge in [0.05, 0.1) is 42.3 Å². The lowest BCUT2D eigenvalue weighted by molar-refractivity contribution is -0.152. The number of fused-ring (bicyclic) bond motifs is 1. The molecule has 1 atom stereocenters. The molecule has 3 heterocycles. The number of methoxy groups -OCH3 is 1. The summed E-state index contributed by atoms with van der Waals surface area (Å²) in [7, 11) is 1.61. The molecule has 9 nitrogen and oxygen atoms in total. The third kappa shape index (κ3) is 4.34. The molecule has 10 heteroatoms. The Kier molecular flexibility index (Phi) is 7.00. The first kappa shape index (κ1) is 26.7. The SMILES string of the molecule is COc1ccccc1C(CN1C(=O)C2(CC(C(=O)O)C2)C(=O)c2c1sc(-c1ncco1)c2C)OC1CCCCC1. The average Bonchev–Trinajstić information content (AvgIpc) is 3.58. The van der Waals surface area contributed by atoms with Gasteiger partial charge in [-0.15, -0.1) is 11.3 Å². The zero-order valence-corrected chi connectivity index (χ0v) is 23.4. The third-order valence-corrected chi connectivity index (χ3v) is 9.90. The summed E-state index contributed by atoms with van der Waals surface area (Å²) in [5.41, 5.74) is 0.559. The van der Waals surface area contributed by atoms with Gasteiger partial charge in [0.15, 0.2) is 5.78 Å². The lowest BCUT2D eigenvalue weighted by atomic mass is 9.56. The van der Waals surface area contributed by atoms with E-state index in [9.17, 15) is 19.5 Å². The van der Waals surface area contributed by atoms with Crippen LogP contribution in [0.2, 0.25) is 0 Å². The Morgan fingerprint density at radius 3 is 2.65 bits per heavy atom. The van der Waals surface area contributed by atoms with Crippen LogP contribution in [-0.4, -0.2) is 47.5 Å². The van der Waals surface area contributed by atoms with Crippen molar-refractivity contribution in [2.45, 2.75) is 64.1 Å². The second-order valence-electron chi connectivity index (χ2n) is 11.0. The number of amides is 1. The Labute approximate surface area is 236 Å². The fourth-order valence-electron chi connectivity index (χ4n) is 6.41. The largest absolute Gasteiger partial charge is 0.496 e. The monoisotopic (exact) mass is 564 g/mol. The van der Waals surface area contributed by atoms with Crippen LogP contribution in [0.1, 0.15) is 72.5 Å². The fourth-order valence-corrected chi connectivity index (χ4v) is 7.66. The molecule has 0 saturated heterocycles. The molecule has 0 bridgehead atoms. The van der Waals surface area contributed by atoms with E-state index in [0.717, 1.165) is 31.2 Å². The van der Waals surface area contributed by atoms with Crippen molar-refractivity contribution in [3.8, 4) is 16.5 Å². The highest BCUT2D eigenvalue weighted by molar-refractivity contribution is 7.20. The van der Waals surface area contributed by atoms with Crippen molar-refractivity contribution in [1.82, 2.24) is 4.98 Å². The third-order valence-electron chi connectivity index (χ3n) is 8.60. The van der Waals surface area contributed by atoms with Crippen LogP contribution < -0.4 is 9.64 Å². The number of hydrogen-bond acceptors (Lipinski definition) is 8. The number of carbonyl (C=O) groups excluding carboxylic acids is 2. The first-order valence-corrected chi connectivity index (χ1v) is 14.6. The lowest BCUT2D eigenvalue weighted by Crippen LogP contribution is -2.60. The number of carbonyl (C=O) groups is 3. The Bertz CT molecular complexity index is 1430. The molecule has 3 aromatic rings. The summed E-state index contributed by atoms with van der Waals surface area (Å²) in [6.07, 6.45) is 7.78. The molecule has 1 aromatic carbocycles. The standard InChI is InChI=1S/C30H32N2O7S/c1-17-23-25(33)30(14-18(15-30)28(34)35)29(36)32(27(23)40-24(17)26-31-12-13-38-26)16-22(39-19-8-4-3-5-9-19)20-10-6-7-11-21(20)37-2/h6-7,10-13,18-19,22H,3-5,8-9,14-16H2,1-2H3,(H,34,35). The summed E-state index contributed by atoms with van der Waals surface area (Å²) in [6.45, 7) is 2.00. The molecule has 3 aliphatic rings. The van der Waals surface area contributed by atoms with Crippen molar-refractivity contribution in [2.75, 3.05) is 18.6 Å².